The molecule has 6 rings (SSSR count). The van der Waals surface area contributed by atoms with Crippen LogP contribution in [0.3, 0.4) is 0 Å². The molecule has 0 aliphatic carbocycles. The molecule has 2 aliphatic heterocycles. The molecule has 0 bridgehead atoms. The lowest BCUT2D eigenvalue weighted by Crippen LogP contribution is -2.30. The minimum atomic E-state index is -0.603. The lowest BCUT2D eigenvalue weighted by Gasteiger charge is -2.23. The second-order valence-corrected chi connectivity index (χ2v) is 10.0. The summed E-state index contributed by atoms with van der Waals surface area (Å²) in [4.78, 5) is 14.7. The zero-order valence-corrected chi connectivity index (χ0v) is 21.4. The Morgan fingerprint density at radius 2 is 1.86 bits per heavy atom. The van der Waals surface area contributed by atoms with E-state index in [1.165, 1.54) is 12.1 Å². The van der Waals surface area contributed by atoms with Gasteiger partial charge in [0.2, 0.25) is 0 Å². The summed E-state index contributed by atoms with van der Waals surface area (Å²) in [5.41, 5.74) is 5.21. The van der Waals surface area contributed by atoms with Gasteiger partial charge in [-0.15, -0.1) is 0 Å². The van der Waals surface area contributed by atoms with Gasteiger partial charge in [0.05, 0.1) is 5.69 Å². The molecule has 8 heteroatoms. The summed E-state index contributed by atoms with van der Waals surface area (Å²) in [5, 5.41) is 4.82. The number of fused-ring (bicyclic) bond motifs is 1. The number of halogens is 2. The van der Waals surface area contributed by atoms with Crippen LogP contribution in [0.4, 0.5) is 4.39 Å². The predicted octanol–water partition coefficient (Wildman–Crippen LogP) is 5.99. The van der Waals surface area contributed by atoms with Crippen LogP contribution < -0.4 is 4.74 Å². The smallest absolute Gasteiger partial charge is 0.250 e. The fourth-order valence-electron chi connectivity index (χ4n) is 4.76. The van der Waals surface area contributed by atoms with Crippen LogP contribution in [0.1, 0.15) is 22.9 Å². The van der Waals surface area contributed by atoms with Crippen LogP contribution >= 0.6 is 15.9 Å². The van der Waals surface area contributed by atoms with E-state index in [1.807, 2.05) is 42.6 Å². The minimum Gasteiger partial charge on any atom is -0.462 e. The van der Waals surface area contributed by atoms with E-state index in [0.29, 0.717) is 25.1 Å². The first-order valence-electron chi connectivity index (χ1n) is 11.9. The SMILES string of the molecule is C=C1Cc2cc(CCN3C(=O)COC3c3cn(-c4ccc(Br)cc4)nc3-c3ccc(F)cc3)ccc2O1. The van der Waals surface area contributed by atoms with Crippen molar-refractivity contribution >= 4 is 21.8 Å². The number of hydrogen-bond donors (Lipinski definition) is 0. The van der Waals surface area contributed by atoms with Crippen molar-refractivity contribution < 1.29 is 18.7 Å². The van der Waals surface area contributed by atoms with Crippen molar-refractivity contribution in [2.24, 2.45) is 0 Å². The number of hydrogen-bond acceptors (Lipinski definition) is 4. The van der Waals surface area contributed by atoms with Crippen molar-refractivity contribution in [1.82, 2.24) is 14.7 Å². The lowest BCUT2D eigenvalue weighted by molar-refractivity contribution is -0.128. The molecule has 4 aromatic rings. The summed E-state index contributed by atoms with van der Waals surface area (Å²) in [6.45, 7) is 4.38. The normalized spacial score (nSPS) is 16.8. The summed E-state index contributed by atoms with van der Waals surface area (Å²) in [7, 11) is 0. The number of nitrogens with zero attached hydrogens (tertiary/aromatic N) is 3. The van der Waals surface area contributed by atoms with E-state index in [0.717, 1.165) is 43.9 Å². The average Bonchev–Trinajstić information content (AvgIpc) is 3.59. The molecule has 186 valence electrons. The first kappa shape index (κ1) is 23.6. The maximum Gasteiger partial charge on any atom is 0.250 e. The summed E-state index contributed by atoms with van der Waals surface area (Å²) < 4.78 is 28.0. The standard InChI is InChI=1S/C29H23BrFN3O3/c1-18-14-21-15-19(2-11-26(21)37-18)12-13-33-27(35)17-36-29(33)25-16-34(24-9-5-22(30)6-10-24)32-28(25)20-3-7-23(31)8-4-20/h2-11,15-16,29H,1,12-14,17H2. The molecule has 1 aromatic heterocycles. The Morgan fingerprint density at radius 3 is 2.65 bits per heavy atom. The number of ether oxygens (including phenoxy) is 2. The Labute approximate surface area is 222 Å². The molecule has 1 saturated heterocycles. The highest BCUT2D eigenvalue weighted by Gasteiger charge is 2.36. The molecule has 6 nitrogen and oxygen atoms in total. The first-order chi connectivity index (χ1) is 17.9. The van der Waals surface area contributed by atoms with Crippen LogP contribution in [0.25, 0.3) is 16.9 Å². The molecule has 0 spiro atoms. The number of benzene rings is 3. The first-order valence-corrected chi connectivity index (χ1v) is 12.7. The van der Waals surface area contributed by atoms with Crippen LogP contribution in [0, 0.1) is 5.82 Å². The van der Waals surface area contributed by atoms with E-state index in [1.54, 1.807) is 21.7 Å². The summed E-state index contributed by atoms with van der Waals surface area (Å²) >= 11 is 3.46. The van der Waals surface area contributed by atoms with Crippen molar-refractivity contribution in [3.63, 3.8) is 0 Å². The van der Waals surface area contributed by atoms with E-state index < -0.39 is 6.23 Å². The summed E-state index contributed by atoms with van der Waals surface area (Å²) in [6, 6.07) is 20.0. The van der Waals surface area contributed by atoms with E-state index in [-0.39, 0.29) is 18.3 Å². The molecule has 0 N–H and O–H groups in total. The van der Waals surface area contributed by atoms with Crippen LogP contribution in [0.5, 0.6) is 5.75 Å². The Kier molecular flexibility index (Phi) is 6.14. The largest absolute Gasteiger partial charge is 0.462 e. The molecular formula is C29H23BrFN3O3. The van der Waals surface area contributed by atoms with Crippen molar-refractivity contribution in [3.8, 4) is 22.7 Å². The number of carbonyl (C=O) groups is 1. The number of amides is 1. The summed E-state index contributed by atoms with van der Waals surface area (Å²) in [5.74, 6) is 1.18. The maximum atomic E-state index is 13.7. The highest BCUT2D eigenvalue weighted by Crippen LogP contribution is 2.36. The lowest BCUT2D eigenvalue weighted by atomic mass is 10.0. The third-order valence-corrected chi connectivity index (χ3v) is 7.12. The molecule has 0 radical (unpaired) electrons. The molecule has 1 fully saturated rings. The Balaban J connectivity index is 1.32. The molecule has 3 aromatic carbocycles. The molecular weight excluding hydrogens is 537 g/mol. The van der Waals surface area contributed by atoms with Gasteiger partial charge in [0.25, 0.3) is 5.91 Å². The van der Waals surface area contributed by atoms with Gasteiger partial charge < -0.3 is 14.4 Å². The van der Waals surface area contributed by atoms with E-state index in [2.05, 4.69) is 28.6 Å². The van der Waals surface area contributed by atoms with Gasteiger partial charge in [-0.1, -0.05) is 34.6 Å². The second kappa shape index (κ2) is 9.61. The topological polar surface area (TPSA) is 56.6 Å². The Bertz CT molecular complexity index is 1500. The van der Waals surface area contributed by atoms with Gasteiger partial charge in [-0.2, -0.15) is 5.10 Å². The third kappa shape index (κ3) is 4.70. The predicted molar refractivity (Wildman–Crippen MR) is 141 cm³/mol. The highest BCUT2D eigenvalue weighted by molar-refractivity contribution is 9.10. The van der Waals surface area contributed by atoms with Gasteiger partial charge in [-0.3, -0.25) is 4.79 Å². The van der Waals surface area contributed by atoms with E-state index >= 15 is 0 Å². The van der Waals surface area contributed by atoms with Crippen LogP contribution in [-0.2, 0) is 22.4 Å². The number of carbonyl (C=O) groups excluding carboxylic acids is 1. The second-order valence-electron chi connectivity index (χ2n) is 9.12. The zero-order valence-electron chi connectivity index (χ0n) is 19.9. The van der Waals surface area contributed by atoms with Gasteiger partial charge in [0.1, 0.15) is 29.6 Å². The van der Waals surface area contributed by atoms with Crippen molar-refractivity contribution in [3.05, 3.63) is 112 Å². The number of aromatic nitrogens is 2. The average molecular weight is 560 g/mol. The van der Waals surface area contributed by atoms with Gasteiger partial charge >= 0.3 is 0 Å². The van der Waals surface area contributed by atoms with Gasteiger partial charge in [-0.25, -0.2) is 9.07 Å². The van der Waals surface area contributed by atoms with E-state index in [9.17, 15) is 9.18 Å². The molecule has 0 saturated carbocycles. The van der Waals surface area contributed by atoms with Crippen molar-refractivity contribution in [2.45, 2.75) is 19.1 Å². The number of allylic oxidation sites excluding steroid dienone is 1. The van der Waals surface area contributed by atoms with Crippen molar-refractivity contribution in [2.75, 3.05) is 13.2 Å². The molecule has 3 heterocycles. The zero-order chi connectivity index (χ0) is 25.5. The van der Waals surface area contributed by atoms with E-state index in [4.69, 9.17) is 14.6 Å². The number of rotatable bonds is 6. The fraction of sp³-hybridized carbons (Fsp3) is 0.172. The van der Waals surface area contributed by atoms with Crippen LogP contribution in [0.2, 0.25) is 0 Å². The molecule has 37 heavy (non-hydrogen) atoms. The fourth-order valence-corrected chi connectivity index (χ4v) is 5.02. The van der Waals surface area contributed by atoms with Gasteiger partial charge in [0.15, 0.2) is 6.23 Å². The van der Waals surface area contributed by atoms with Crippen LogP contribution in [-0.4, -0.2) is 33.7 Å². The van der Waals surface area contributed by atoms with Crippen molar-refractivity contribution in [1.29, 1.82) is 0 Å². The molecule has 1 unspecified atom stereocenters. The minimum absolute atomic E-state index is 0.00512. The Hall–Kier alpha value is -3.75. The molecule has 2 aliphatic rings. The molecule has 1 atom stereocenters. The highest BCUT2D eigenvalue weighted by atomic mass is 79.9. The van der Waals surface area contributed by atoms with Crippen LogP contribution in [0.15, 0.2) is 89.7 Å². The third-order valence-electron chi connectivity index (χ3n) is 6.59. The monoisotopic (exact) mass is 559 g/mol. The quantitative estimate of drug-likeness (QED) is 0.291. The Morgan fingerprint density at radius 1 is 1.08 bits per heavy atom. The summed E-state index contributed by atoms with van der Waals surface area (Å²) in [6.07, 6.45) is 2.65. The maximum absolute atomic E-state index is 13.7. The van der Waals surface area contributed by atoms with Gasteiger partial charge in [-0.05, 0) is 66.6 Å². The van der Waals surface area contributed by atoms with Gasteiger partial charge in [0, 0.05) is 40.3 Å². The molecule has 1 amide bonds.